The number of halogens is 2. The third-order valence-electron chi connectivity index (χ3n) is 4.51. The van der Waals surface area contributed by atoms with Gasteiger partial charge in [0.05, 0.1) is 17.0 Å². The lowest BCUT2D eigenvalue weighted by atomic mass is 10.1. The first-order valence-corrected chi connectivity index (χ1v) is 11.6. The second kappa shape index (κ2) is 10.1. The van der Waals surface area contributed by atoms with Gasteiger partial charge >= 0.3 is 0 Å². The number of hydrogen-bond acceptors (Lipinski definition) is 3. The fourth-order valence-electron chi connectivity index (χ4n) is 3.17. The van der Waals surface area contributed by atoms with Crippen LogP contribution in [0.1, 0.15) is 30.9 Å². The Kier molecular flexibility index (Phi) is 8.05. The summed E-state index contributed by atoms with van der Waals surface area (Å²) in [6.45, 7) is 4.17. The molecule has 8 heteroatoms. The fraction of sp³-hybridized carbons (Fsp3) is 0.381. The summed E-state index contributed by atoms with van der Waals surface area (Å²) in [5.41, 5.74) is 2.52. The number of aryl methyl sites for hydroxylation is 2. The number of carbonyl (C=O) groups is 1. The van der Waals surface area contributed by atoms with Crippen LogP contribution in [0.25, 0.3) is 0 Å². The molecule has 0 aliphatic carbocycles. The van der Waals surface area contributed by atoms with Crippen molar-refractivity contribution in [3.8, 4) is 0 Å². The summed E-state index contributed by atoms with van der Waals surface area (Å²) < 4.78 is 39.3. The number of nitrogens with zero attached hydrogens (tertiary/aromatic N) is 1. The van der Waals surface area contributed by atoms with E-state index in [2.05, 4.69) is 11.4 Å². The molecule has 29 heavy (non-hydrogen) atoms. The third-order valence-corrected chi connectivity index (χ3v) is 5.98. The van der Waals surface area contributed by atoms with Crippen LogP contribution in [0, 0.1) is 12.7 Å². The molecule has 0 unspecified atom stereocenters. The van der Waals surface area contributed by atoms with E-state index in [0.29, 0.717) is 6.54 Å². The van der Waals surface area contributed by atoms with E-state index < -0.39 is 27.8 Å². The summed E-state index contributed by atoms with van der Waals surface area (Å²) in [6, 6.07) is 10.8. The standard InChI is InChI=1S/C21H26ClFN2O3S/c1-4-20(21(26)24-12-6-9-16-8-5-7-15(2)13-16)25(29(3,27)28)17-10-11-19(23)18(22)14-17/h5,7-8,10-11,13-14,20H,4,6,9,12H2,1-3H3,(H,24,26)/t20-/m0/s1. The van der Waals surface area contributed by atoms with E-state index in [1.807, 2.05) is 25.1 Å². The smallest absolute Gasteiger partial charge is 0.243 e. The van der Waals surface area contributed by atoms with Gasteiger partial charge in [-0.15, -0.1) is 0 Å². The van der Waals surface area contributed by atoms with E-state index in [9.17, 15) is 17.6 Å². The SMILES string of the molecule is CC[C@@H](C(=O)NCCCc1cccc(C)c1)N(c1ccc(F)c(Cl)c1)S(C)(=O)=O. The monoisotopic (exact) mass is 440 g/mol. The molecule has 1 atom stereocenters. The van der Waals surface area contributed by atoms with Gasteiger partial charge in [-0.1, -0.05) is 48.4 Å². The molecule has 0 saturated carbocycles. The Morgan fingerprint density at radius 3 is 2.55 bits per heavy atom. The molecule has 2 aromatic carbocycles. The predicted octanol–water partition coefficient (Wildman–Crippen LogP) is 4.08. The molecule has 1 amide bonds. The number of benzene rings is 2. The van der Waals surface area contributed by atoms with Gasteiger partial charge < -0.3 is 5.32 Å². The van der Waals surface area contributed by atoms with Crippen molar-refractivity contribution in [2.75, 3.05) is 17.1 Å². The molecule has 0 fully saturated rings. The number of hydrogen-bond donors (Lipinski definition) is 1. The van der Waals surface area contributed by atoms with Crippen LogP contribution >= 0.6 is 11.6 Å². The van der Waals surface area contributed by atoms with Gasteiger partial charge in [-0.05, 0) is 49.9 Å². The highest BCUT2D eigenvalue weighted by molar-refractivity contribution is 7.92. The second-order valence-electron chi connectivity index (χ2n) is 6.96. The lowest BCUT2D eigenvalue weighted by molar-refractivity contribution is -0.122. The van der Waals surface area contributed by atoms with E-state index in [1.165, 1.54) is 23.3 Å². The number of nitrogens with one attached hydrogen (secondary N) is 1. The van der Waals surface area contributed by atoms with Gasteiger partial charge in [-0.2, -0.15) is 0 Å². The van der Waals surface area contributed by atoms with Crippen molar-refractivity contribution in [1.82, 2.24) is 5.32 Å². The minimum Gasteiger partial charge on any atom is -0.354 e. The van der Waals surface area contributed by atoms with Crippen molar-refractivity contribution >= 4 is 33.2 Å². The van der Waals surface area contributed by atoms with Gasteiger partial charge in [0.15, 0.2) is 0 Å². The Bertz CT molecular complexity index is 966. The van der Waals surface area contributed by atoms with Crippen LogP contribution in [-0.2, 0) is 21.2 Å². The van der Waals surface area contributed by atoms with Gasteiger partial charge in [0, 0.05) is 6.54 Å². The van der Waals surface area contributed by atoms with Crippen molar-refractivity contribution in [2.45, 2.75) is 39.2 Å². The first-order valence-electron chi connectivity index (χ1n) is 9.41. The molecule has 2 aromatic rings. The molecule has 2 rings (SSSR count). The van der Waals surface area contributed by atoms with Gasteiger partial charge in [-0.3, -0.25) is 9.10 Å². The van der Waals surface area contributed by atoms with Crippen LogP contribution in [0.15, 0.2) is 42.5 Å². The molecule has 0 aromatic heterocycles. The van der Waals surface area contributed by atoms with Crippen LogP contribution in [0.3, 0.4) is 0 Å². The van der Waals surface area contributed by atoms with Crippen LogP contribution in [0.5, 0.6) is 0 Å². The summed E-state index contributed by atoms with van der Waals surface area (Å²) in [6.07, 6.45) is 2.80. The minimum absolute atomic E-state index is 0.153. The summed E-state index contributed by atoms with van der Waals surface area (Å²) >= 11 is 5.81. The van der Waals surface area contributed by atoms with Gasteiger partial charge in [-0.25, -0.2) is 12.8 Å². The maximum absolute atomic E-state index is 13.5. The van der Waals surface area contributed by atoms with Crippen molar-refractivity contribution in [1.29, 1.82) is 0 Å². The summed E-state index contributed by atoms with van der Waals surface area (Å²) in [7, 11) is -3.79. The van der Waals surface area contributed by atoms with Crippen molar-refractivity contribution in [3.05, 3.63) is 64.4 Å². The first kappa shape index (κ1) is 23.2. The summed E-state index contributed by atoms with van der Waals surface area (Å²) in [5.74, 6) is -1.06. The van der Waals surface area contributed by atoms with Gasteiger partial charge in [0.25, 0.3) is 0 Å². The van der Waals surface area contributed by atoms with E-state index in [-0.39, 0.29) is 17.1 Å². The highest BCUT2D eigenvalue weighted by atomic mass is 35.5. The van der Waals surface area contributed by atoms with E-state index in [1.54, 1.807) is 6.92 Å². The molecule has 0 aliphatic heterocycles. The maximum Gasteiger partial charge on any atom is 0.243 e. The topological polar surface area (TPSA) is 66.5 Å². The van der Waals surface area contributed by atoms with Crippen molar-refractivity contribution in [3.63, 3.8) is 0 Å². The zero-order valence-electron chi connectivity index (χ0n) is 16.8. The number of amides is 1. The molecule has 0 spiro atoms. The number of anilines is 1. The van der Waals surface area contributed by atoms with Crippen LogP contribution < -0.4 is 9.62 Å². The van der Waals surface area contributed by atoms with Crippen molar-refractivity contribution < 1.29 is 17.6 Å². The quantitative estimate of drug-likeness (QED) is 0.597. The average Bonchev–Trinajstić information content (AvgIpc) is 2.64. The fourth-order valence-corrected chi connectivity index (χ4v) is 4.55. The molecule has 0 radical (unpaired) electrons. The zero-order chi connectivity index (χ0) is 21.6. The normalized spacial score (nSPS) is 12.4. The Hall–Kier alpha value is -2.12. The number of rotatable bonds is 9. The Morgan fingerprint density at radius 2 is 1.97 bits per heavy atom. The molecular formula is C21H26ClFN2O3S. The molecule has 1 N–H and O–H groups in total. The highest BCUT2D eigenvalue weighted by Crippen LogP contribution is 2.27. The molecule has 0 aliphatic rings. The Labute approximate surface area is 176 Å². The first-order chi connectivity index (χ1) is 13.6. The van der Waals surface area contributed by atoms with Crippen LogP contribution in [0.4, 0.5) is 10.1 Å². The van der Waals surface area contributed by atoms with Gasteiger partial charge in [0.1, 0.15) is 11.9 Å². The Balaban J connectivity index is 2.08. The maximum atomic E-state index is 13.5. The van der Waals surface area contributed by atoms with Gasteiger partial charge in [0.2, 0.25) is 15.9 Å². The minimum atomic E-state index is -3.79. The number of sulfonamides is 1. The van der Waals surface area contributed by atoms with E-state index >= 15 is 0 Å². The average molecular weight is 441 g/mol. The molecule has 0 bridgehead atoms. The number of carbonyl (C=O) groups excluding carboxylic acids is 1. The summed E-state index contributed by atoms with van der Waals surface area (Å²) in [5, 5.41) is 2.61. The lowest BCUT2D eigenvalue weighted by Crippen LogP contribution is -2.49. The predicted molar refractivity (Wildman–Crippen MR) is 115 cm³/mol. The third kappa shape index (κ3) is 6.44. The van der Waals surface area contributed by atoms with E-state index in [0.717, 1.165) is 29.5 Å². The highest BCUT2D eigenvalue weighted by Gasteiger charge is 2.31. The molecule has 0 heterocycles. The molecule has 0 saturated heterocycles. The molecule has 5 nitrogen and oxygen atoms in total. The van der Waals surface area contributed by atoms with Crippen LogP contribution in [-0.4, -0.2) is 33.2 Å². The summed E-state index contributed by atoms with van der Waals surface area (Å²) in [4.78, 5) is 12.7. The molecule has 158 valence electrons. The lowest BCUT2D eigenvalue weighted by Gasteiger charge is -2.30. The zero-order valence-corrected chi connectivity index (χ0v) is 18.4. The second-order valence-corrected chi connectivity index (χ2v) is 9.23. The van der Waals surface area contributed by atoms with E-state index in [4.69, 9.17) is 11.6 Å². The Morgan fingerprint density at radius 1 is 1.24 bits per heavy atom. The van der Waals surface area contributed by atoms with Crippen LogP contribution in [0.2, 0.25) is 5.02 Å². The molecular weight excluding hydrogens is 415 g/mol. The largest absolute Gasteiger partial charge is 0.354 e. The van der Waals surface area contributed by atoms with Crippen molar-refractivity contribution in [2.24, 2.45) is 0 Å².